The average Bonchev–Trinajstić information content (AvgIpc) is 2.51. The van der Waals surface area contributed by atoms with Gasteiger partial charge >= 0.3 is 5.97 Å². The summed E-state index contributed by atoms with van der Waals surface area (Å²) in [5.74, 6) is -0.555. The summed E-state index contributed by atoms with van der Waals surface area (Å²) in [6.45, 7) is 1.66. The third-order valence-electron chi connectivity index (χ3n) is 1.36. The molecule has 0 saturated heterocycles. The first-order valence-corrected chi connectivity index (χ1v) is 5.73. The maximum atomic E-state index is 10.9. The van der Waals surface area contributed by atoms with Crippen molar-refractivity contribution in [2.45, 2.75) is 19.6 Å². The van der Waals surface area contributed by atoms with Crippen LogP contribution in [0.4, 0.5) is 5.13 Å². The molecular weight excluding hydrogens is 284 g/mol. The van der Waals surface area contributed by atoms with Crippen LogP contribution in [0.5, 0.6) is 0 Å². The molecule has 0 aliphatic carbocycles. The molecular formula is C8H9BrN2O3S. The Morgan fingerprint density at radius 1 is 1.87 bits per heavy atom. The van der Waals surface area contributed by atoms with Gasteiger partial charge in [0.05, 0.1) is 9.98 Å². The Hall–Kier alpha value is -0.950. The normalized spacial score (nSPS) is 11.9. The lowest BCUT2D eigenvalue weighted by Crippen LogP contribution is -2.23. The molecule has 0 spiro atoms. The summed E-state index contributed by atoms with van der Waals surface area (Å²) in [7, 11) is 0. The number of aromatic nitrogens is 1. The summed E-state index contributed by atoms with van der Waals surface area (Å²) >= 11 is 4.65. The van der Waals surface area contributed by atoms with E-state index >= 15 is 0 Å². The van der Waals surface area contributed by atoms with Crippen LogP contribution < -0.4 is 5.32 Å². The van der Waals surface area contributed by atoms with E-state index in [0.717, 1.165) is 3.79 Å². The highest BCUT2D eigenvalue weighted by atomic mass is 79.9. The predicted molar refractivity (Wildman–Crippen MR) is 59.7 cm³/mol. The highest BCUT2D eigenvalue weighted by Crippen LogP contribution is 2.23. The third-order valence-corrected chi connectivity index (χ3v) is 2.77. The number of hydrogen-bond acceptors (Lipinski definition) is 6. The van der Waals surface area contributed by atoms with Crippen molar-refractivity contribution in [3.8, 4) is 0 Å². The van der Waals surface area contributed by atoms with Gasteiger partial charge in [0.1, 0.15) is 12.7 Å². The lowest BCUT2D eigenvalue weighted by Gasteiger charge is -2.12. The second kappa shape index (κ2) is 5.82. The van der Waals surface area contributed by atoms with E-state index in [-0.39, 0.29) is 6.42 Å². The van der Waals surface area contributed by atoms with E-state index in [2.05, 4.69) is 26.2 Å². The topological polar surface area (TPSA) is 68.3 Å². The molecule has 0 amide bonds. The van der Waals surface area contributed by atoms with Crippen molar-refractivity contribution in [2.24, 2.45) is 0 Å². The number of carbonyl (C=O) groups excluding carboxylic acids is 2. The smallest absolute Gasteiger partial charge is 0.314 e. The first kappa shape index (κ1) is 12.1. The van der Waals surface area contributed by atoms with E-state index in [1.165, 1.54) is 11.3 Å². The monoisotopic (exact) mass is 292 g/mol. The van der Waals surface area contributed by atoms with E-state index in [9.17, 15) is 9.59 Å². The molecule has 5 nitrogen and oxygen atoms in total. The summed E-state index contributed by atoms with van der Waals surface area (Å²) in [6.07, 6.45) is 1.42. The fraction of sp³-hybridized carbons (Fsp3) is 0.375. The van der Waals surface area contributed by atoms with Crippen LogP contribution in [0.25, 0.3) is 0 Å². The van der Waals surface area contributed by atoms with Gasteiger partial charge in [0, 0.05) is 0 Å². The minimum absolute atomic E-state index is 0.229. The van der Waals surface area contributed by atoms with Crippen LogP contribution in [-0.2, 0) is 14.3 Å². The van der Waals surface area contributed by atoms with E-state index in [0.29, 0.717) is 11.4 Å². The molecule has 1 unspecified atom stereocenters. The van der Waals surface area contributed by atoms with Gasteiger partial charge in [-0.3, -0.25) is 4.79 Å². The fourth-order valence-electron chi connectivity index (χ4n) is 0.838. The molecule has 0 aliphatic rings. The van der Waals surface area contributed by atoms with Gasteiger partial charge < -0.3 is 14.8 Å². The van der Waals surface area contributed by atoms with Crippen LogP contribution >= 0.6 is 27.3 Å². The fourth-order valence-corrected chi connectivity index (χ4v) is 2.02. The summed E-state index contributed by atoms with van der Waals surface area (Å²) in [6, 6.07) is 0. The van der Waals surface area contributed by atoms with Crippen LogP contribution in [0.1, 0.15) is 13.3 Å². The lowest BCUT2D eigenvalue weighted by atomic mass is 10.5. The molecule has 0 radical (unpaired) electrons. The molecule has 0 aromatic carbocycles. The molecule has 1 rings (SSSR count). The van der Waals surface area contributed by atoms with E-state index in [1.54, 1.807) is 13.1 Å². The number of nitrogens with zero attached hydrogens (tertiary/aromatic N) is 1. The van der Waals surface area contributed by atoms with Crippen LogP contribution in [0.3, 0.4) is 0 Å². The number of esters is 1. The van der Waals surface area contributed by atoms with Crippen molar-refractivity contribution in [3.05, 3.63) is 9.98 Å². The Labute approximate surface area is 99.0 Å². The molecule has 1 aromatic heterocycles. The number of thiazole rings is 1. The Balaban J connectivity index is 2.38. The van der Waals surface area contributed by atoms with E-state index in [1.807, 2.05) is 0 Å². The van der Waals surface area contributed by atoms with Gasteiger partial charge in [-0.15, -0.1) is 0 Å². The zero-order valence-electron chi connectivity index (χ0n) is 7.90. The van der Waals surface area contributed by atoms with Gasteiger partial charge in [-0.05, 0) is 22.9 Å². The summed E-state index contributed by atoms with van der Waals surface area (Å²) in [5, 5.41) is 3.52. The Bertz CT molecular complexity index is 355. The first-order chi connectivity index (χ1) is 7.11. The quantitative estimate of drug-likeness (QED) is 0.388. The molecule has 1 heterocycles. The molecule has 1 N–H and O–H groups in total. The van der Waals surface area contributed by atoms with E-state index in [4.69, 9.17) is 4.74 Å². The number of nitrogens with one attached hydrogen (secondary N) is 1. The summed E-state index contributed by atoms with van der Waals surface area (Å²) in [4.78, 5) is 25.0. The van der Waals surface area contributed by atoms with Crippen molar-refractivity contribution < 1.29 is 14.3 Å². The molecule has 0 fully saturated rings. The molecule has 1 aromatic rings. The number of anilines is 1. The maximum absolute atomic E-state index is 10.9. The molecule has 82 valence electrons. The highest BCUT2D eigenvalue weighted by molar-refractivity contribution is 9.11. The lowest BCUT2D eigenvalue weighted by molar-refractivity contribution is -0.147. The zero-order valence-corrected chi connectivity index (χ0v) is 10.3. The summed E-state index contributed by atoms with van der Waals surface area (Å²) in [5.41, 5.74) is 0. The first-order valence-electron chi connectivity index (χ1n) is 4.13. The highest BCUT2D eigenvalue weighted by Gasteiger charge is 2.09. The van der Waals surface area contributed by atoms with Gasteiger partial charge in [0.25, 0.3) is 0 Å². The van der Waals surface area contributed by atoms with Gasteiger partial charge in [-0.2, -0.15) is 0 Å². The number of carbonyl (C=O) groups is 2. The molecule has 0 saturated carbocycles. The maximum Gasteiger partial charge on any atom is 0.314 e. The van der Waals surface area contributed by atoms with Gasteiger partial charge in [-0.25, -0.2) is 4.98 Å². The van der Waals surface area contributed by atoms with Crippen LogP contribution in [-0.4, -0.2) is 23.5 Å². The minimum atomic E-state index is -0.555. The van der Waals surface area contributed by atoms with Crippen LogP contribution in [0.15, 0.2) is 9.98 Å². The summed E-state index contributed by atoms with van der Waals surface area (Å²) < 4.78 is 5.76. The Kier molecular flexibility index (Phi) is 4.70. The number of ether oxygens (including phenoxy) is 1. The molecule has 0 aliphatic heterocycles. The van der Waals surface area contributed by atoms with Gasteiger partial charge in [0.2, 0.25) is 0 Å². The number of rotatable bonds is 5. The van der Waals surface area contributed by atoms with Crippen LogP contribution in [0.2, 0.25) is 0 Å². The largest absolute Gasteiger partial charge is 0.442 e. The number of halogens is 1. The zero-order chi connectivity index (χ0) is 11.3. The Morgan fingerprint density at radius 3 is 3.13 bits per heavy atom. The van der Waals surface area contributed by atoms with Crippen molar-refractivity contribution >= 4 is 44.7 Å². The molecule has 1 atom stereocenters. The van der Waals surface area contributed by atoms with Crippen LogP contribution in [0, 0.1) is 0 Å². The molecule has 15 heavy (non-hydrogen) atoms. The average molecular weight is 293 g/mol. The SMILES string of the molecule is CC(Nc1ncc(Br)s1)OC(=O)CC=O. The van der Waals surface area contributed by atoms with E-state index < -0.39 is 12.2 Å². The third kappa shape index (κ3) is 4.39. The van der Waals surface area contributed by atoms with Crippen molar-refractivity contribution in [2.75, 3.05) is 5.32 Å². The molecule has 7 heteroatoms. The standard InChI is InChI=1S/C8H9BrN2O3S/c1-5(14-7(13)2-3-12)11-8-10-4-6(9)15-8/h3-5H,2H2,1H3,(H,10,11). The second-order valence-corrected chi connectivity index (χ2v) is 5.03. The predicted octanol–water partition coefficient (Wildman–Crippen LogP) is 1.80. The van der Waals surface area contributed by atoms with Crippen molar-refractivity contribution in [1.29, 1.82) is 0 Å². The minimum Gasteiger partial charge on any atom is -0.442 e. The van der Waals surface area contributed by atoms with Crippen molar-refractivity contribution in [3.63, 3.8) is 0 Å². The molecule has 0 bridgehead atoms. The van der Waals surface area contributed by atoms with Crippen molar-refractivity contribution in [1.82, 2.24) is 4.98 Å². The second-order valence-electron chi connectivity index (χ2n) is 2.62. The Morgan fingerprint density at radius 2 is 2.60 bits per heavy atom. The van der Waals surface area contributed by atoms with Gasteiger partial charge in [-0.1, -0.05) is 11.3 Å². The number of aldehydes is 1. The number of hydrogen-bond donors (Lipinski definition) is 1. The van der Waals surface area contributed by atoms with Gasteiger partial charge in [0.15, 0.2) is 11.4 Å².